The van der Waals surface area contributed by atoms with Gasteiger partial charge in [0.2, 0.25) is 0 Å². The lowest BCUT2D eigenvalue weighted by Crippen LogP contribution is -2.10. The highest BCUT2D eigenvalue weighted by Gasteiger charge is 2.16. The van der Waals surface area contributed by atoms with Gasteiger partial charge in [-0.15, -0.1) is 0 Å². The molecule has 0 bridgehead atoms. The maximum atomic E-state index is 13.6. The first-order valence-corrected chi connectivity index (χ1v) is 5.81. The Kier molecular flexibility index (Phi) is 3.97. The maximum absolute atomic E-state index is 13.6. The summed E-state index contributed by atoms with van der Waals surface area (Å²) >= 11 is 0. The second-order valence-corrected chi connectivity index (χ2v) is 4.10. The minimum Gasteiger partial charge on any atom is -0.465 e. The smallest absolute Gasteiger partial charge is 0.340 e. The number of anilines is 1. The van der Waals surface area contributed by atoms with Crippen molar-refractivity contribution >= 4 is 11.7 Å². The molecule has 2 rings (SSSR count). The molecule has 1 aromatic carbocycles. The third-order valence-corrected chi connectivity index (χ3v) is 2.84. The molecular formula is C13H13F2N3O2. The highest BCUT2D eigenvalue weighted by molar-refractivity contribution is 5.90. The number of aryl methyl sites for hydroxylation is 1. The molecule has 20 heavy (non-hydrogen) atoms. The van der Waals surface area contributed by atoms with E-state index >= 15 is 0 Å². The Labute approximate surface area is 114 Å². The molecule has 0 amide bonds. The Morgan fingerprint density at radius 3 is 2.75 bits per heavy atom. The fraction of sp³-hybridized carbons (Fsp3) is 0.231. The number of esters is 1. The third-order valence-electron chi connectivity index (χ3n) is 2.84. The average Bonchev–Trinajstić information content (AvgIpc) is 2.82. The van der Waals surface area contributed by atoms with Crippen molar-refractivity contribution in [1.29, 1.82) is 0 Å². The van der Waals surface area contributed by atoms with E-state index in [-0.39, 0.29) is 11.3 Å². The summed E-state index contributed by atoms with van der Waals surface area (Å²) in [4.78, 5) is 11.4. The second-order valence-electron chi connectivity index (χ2n) is 4.10. The Hall–Kier alpha value is -2.44. The SMILES string of the molecule is COC(=O)c1cc(NCc2ccnn2C)c(F)cc1F. The molecule has 0 fully saturated rings. The van der Waals surface area contributed by atoms with Crippen molar-refractivity contribution in [2.75, 3.05) is 12.4 Å². The molecule has 0 radical (unpaired) electrons. The lowest BCUT2D eigenvalue weighted by Gasteiger charge is -2.10. The zero-order chi connectivity index (χ0) is 14.7. The molecule has 2 aromatic rings. The Morgan fingerprint density at radius 1 is 1.40 bits per heavy atom. The predicted molar refractivity (Wildman–Crippen MR) is 68.2 cm³/mol. The van der Waals surface area contributed by atoms with Crippen molar-refractivity contribution < 1.29 is 18.3 Å². The van der Waals surface area contributed by atoms with Gasteiger partial charge >= 0.3 is 5.97 Å². The van der Waals surface area contributed by atoms with Gasteiger partial charge in [0.1, 0.15) is 11.6 Å². The van der Waals surface area contributed by atoms with Crippen LogP contribution in [0.25, 0.3) is 0 Å². The van der Waals surface area contributed by atoms with E-state index in [0.29, 0.717) is 12.6 Å². The zero-order valence-corrected chi connectivity index (χ0v) is 11.0. The highest BCUT2D eigenvalue weighted by atomic mass is 19.1. The van der Waals surface area contributed by atoms with E-state index in [0.717, 1.165) is 18.9 Å². The molecule has 0 saturated heterocycles. The summed E-state index contributed by atoms with van der Waals surface area (Å²) < 4.78 is 33.2. The second kappa shape index (κ2) is 5.68. The van der Waals surface area contributed by atoms with Crippen LogP contribution in [0, 0.1) is 11.6 Å². The topological polar surface area (TPSA) is 56.1 Å². The van der Waals surface area contributed by atoms with E-state index in [4.69, 9.17) is 0 Å². The van der Waals surface area contributed by atoms with Crippen LogP contribution >= 0.6 is 0 Å². The number of nitrogens with zero attached hydrogens (tertiary/aromatic N) is 2. The summed E-state index contributed by atoms with van der Waals surface area (Å²) in [5, 5.41) is 6.77. The molecule has 0 atom stereocenters. The number of halogens is 2. The van der Waals surface area contributed by atoms with Crippen LogP contribution in [-0.2, 0) is 18.3 Å². The van der Waals surface area contributed by atoms with Crippen molar-refractivity contribution in [3.8, 4) is 0 Å². The molecule has 0 spiro atoms. The molecule has 0 saturated carbocycles. The van der Waals surface area contributed by atoms with Crippen LogP contribution in [0.15, 0.2) is 24.4 Å². The predicted octanol–water partition coefficient (Wildman–Crippen LogP) is 2.10. The van der Waals surface area contributed by atoms with Gasteiger partial charge in [-0.1, -0.05) is 0 Å². The number of nitrogens with one attached hydrogen (secondary N) is 1. The number of carbonyl (C=O) groups is 1. The molecule has 0 aliphatic heterocycles. The van der Waals surface area contributed by atoms with E-state index in [9.17, 15) is 13.6 Å². The summed E-state index contributed by atoms with van der Waals surface area (Å²) in [6.07, 6.45) is 1.61. The fourth-order valence-electron chi connectivity index (χ4n) is 1.71. The van der Waals surface area contributed by atoms with E-state index in [1.165, 1.54) is 0 Å². The molecule has 106 valence electrons. The van der Waals surface area contributed by atoms with Crippen molar-refractivity contribution in [3.05, 3.63) is 47.3 Å². The number of carbonyl (C=O) groups excluding carboxylic acids is 1. The van der Waals surface area contributed by atoms with E-state index in [1.807, 2.05) is 0 Å². The van der Waals surface area contributed by atoms with Gasteiger partial charge in [0, 0.05) is 19.3 Å². The first-order chi connectivity index (χ1) is 9.52. The summed E-state index contributed by atoms with van der Waals surface area (Å²) in [5.74, 6) is -2.59. The van der Waals surface area contributed by atoms with Crippen LogP contribution in [0.3, 0.4) is 0 Å². The highest BCUT2D eigenvalue weighted by Crippen LogP contribution is 2.20. The number of benzene rings is 1. The fourth-order valence-corrected chi connectivity index (χ4v) is 1.71. The Morgan fingerprint density at radius 2 is 2.15 bits per heavy atom. The van der Waals surface area contributed by atoms with Crippen LogP contribution in [0.1, 0.15) is 16.1 Å². The van der Waals surface area contributed by atoms with Gasteiger partial charge in [-0.05, 0) is 12.1 Å². The van der Waals surface area contributed by atoms with Crippen molar-refractivity contribution in [2.45, 2.75) is 6.54 Å². The van der Waals surface area contributed by atoms with Gasteiger partial charge in [0.05, 0.1) is 30.6 Å². The summed E-state index contributed by atoms with van der Waals surface area (Å²) in [7, 11) is 2.88. The van der Waals surface area contributed by atoms with Crippen LogP contribution in [0.5, 0.6) is 0 Å². The summed E-state index contributed by atoms with van der Waals surface area (Å²) in [6.45, 7) is 0.291. The molecular weight excluding hydrogens is 268 g/mol. The third kappa shape index (κ3) is 2.76. The standard InChI is InChI=1S/C13H13F2N3O2/c1-18-8(3-4-17-18)7-16-12-5-9(13(19)20-2)10(14)6-11(12)15/h3-6,16H,7H2,1-2H3. The van der Waals surface area contributed by atoms with Gasteiger partial charge in [-0.25, -0.2) is 13.6 Å². The summed E-state index contributed by atoms with van der Waals surface area (Å²) in [6, 6.07) is 3.50. The monoisotopic (exact) mass is 281 g/mol. The maximum Gasteiger partial charge on any atom is 0.340 e. The van der Waals surface area contributed by atoms with E-state index < -0.39 is 17.6 Å². The van der Waals surface area contributed by atoms with Gasteiger partial charge in [0.15, 0.2) is 0 Å². The first-order valence-electron chi connectivity index (χ1n) is 5.81. The van der Waals surface area contributed by atoms with Crippen molar-refractivity contribution in [1.82, 2.24) is 9.78 Å². The number of hydrogen-bond acceptors (Lipinski definition) is 4. The lowest BCUT2D eigenvalue weighted by molar-refractivity contribution is 0.0595. The molecule has 7 heteroatoms. The molecule has 0 aliphatic rings. The van der Waals surface area contributed by atoms with Crippen LogP contribution in [-0.4, -0.2) is 22.9 Å². The lowest BCUT2D eigenvalue weighted by atomic mass is 10.1. The minimum atomic E-state index is -0.958. The van der Waals surface area contributed by atoms with Crippen LogP contribution < -0.4 is 5.32 Å². The largest absolute Gasteiger partial charge is 0.465 e. The van der Waals surface area contributed by atoms with Gasteiger partial charge in [0.25, 0.3) is 0 Å². The average molecular weight is 281 g/mol. The Bertz CT molecular complexity index is 641. The number of rotatable bonds is 4. The van der Waals surface area contributed by atoms with Crippen molar-refractivity contribution in [3.63, 3.8) is 0 Å². The molecule has 1 N–H and O–H groups in total. The Balaban J connectivity index is 2.23. The van der Waals surface area contributed by atoms with E-state index in [2.05, 4.69) is 15.2 Å². The van der Waals surface area contributed by atoms with E-state index in [1.54, 1.807) is 24.0 Å². The van der Waals surface area contributed by atoms with Gasteiger partial charge < -0.3 is 10.1 Å². The molecule has 1 heterocycles. The normalized spacial score (nSPS) is 10.4. The van der Waals surface area contributed by atoms with Crippen molar-refractivity contribution in [2.24, 2.45) is 7.05 Å². The molecule has 0 aliphatic carbocycles. The number of ether oxygens (including phenoxy) is 1. The van der Waals surface area contributed by atoms with Crippen LogP contribution in [0.2, 0.25) is 0 Å². The molecule has 1 aromatic heterocycles. The van der Waals surface area contributed by atoms with Crippen LogP contribution in [0.4, 0.5) is 14.5 Å². The molecule has 5 nitrogen and oxygen atoms in total. The minimum absolute atomic E-state index is 0.0213. The van der Waals surface area contributed by atoms with Gasteiger partial charge in [-0.3, -0.25) is 4.68 Å². The molecule has 0 unspecified atom stereocenters. The van der Waals surface area contributed by atoms with Gasteiger partial charge in [-0.2, -0.15) is 5.10 Å². The number of aromatic nitrogens is 2. The summed E-state index contributed by atoms with van der Waals surface area (Å²) in [5.41, 5.74) is 0.516. The zero-order valence-electron chi connectivity index (χ0n) is 11.0. The first kappa shape index (κ1) is 14.0. The quantitative estimate of drug-likeness (QED) is 0.872. The number of methoxy groups -OCH3 is 1. The number of hydrogen-bond donors (Lipinski definition) is 1.